The molecular formula is C23H28FN3O4S. The third-order valence-electron chi connectivity index (χ3n) is 5.68. The standard InChI is InChI=1S/C23H28FN3O4S/c1-16(2)18-7-11-20(12-8-18)27-21(28)14-26(32(4,30)31)15-23(27,3)22(29)25-13-17-5-9-19(24)10-6-17/h5-12,16H,13-15H2,1-4H3,(H,25,29)/t23-/m1/s1. The van der Waals surface area contributed by atoms with E-state index < -0.39 is 27.4 Å². The minimum Gasteiger partial charge on any atom is -0.350 e. The van der Waals surface area contributed by atoms with Crippen LogP contribution in [0.1, 0.15) is 37.8 Å². The molecule has 172 valence electrons. The van der Waals surface area contributed by atoms with Crippen molar-refractivity contribution in [2.24, 2.45) is 0 Å². The molecule has 7 nitrogen and oxygen atoms in total. The van der Waals surface area contributed by atoms with E-state index in [0.29, 0.717) is 17.2 Å². The maximum absolute atomic E-state index is 13.3. The zero-order valence-corrected chi connectivity index (χ0v) is 19.4. The van der Waals surface area contributed by atoms with Gasteiger partial charge in [0.25, 0.3) is 0 Å². The molecule has 0 aromatic heterocycles. The lowest BCUT2D eigenvalue weighted by atomic mass is 9.93. The maximum Gasteiger partial charge on any atom is 0.247 e. The Balaban J connectivity index is 1.94. The summed E-state index contributed by atoms with van der Waals surface area (Å²) in [5.74, 6) is -1.08. The van der Waals surface area contributed by atoms with Crippen molar-refractivity contribution in [2.75, 3.05) is 24.2 Å². The lowest BCUT2D eigenvalue weighted by Gasteiger charge is -2.46. The molecule has 0 unspecified atom stereocenters. The Labute approximate surface area is 188 Å². The summed E-state index contributed by atoms with van der Waals surface area (Å²) in [6.45, 7) is 5.25. The van der Waals surface area contributed by atoms with E-state index in [0.717, 1.165) is 16.1 Å². The van der Waals surface area contributed by atoms with Gasteiger partial charge in [-0.2, -0.15) is 4.31 Å². The topological polar surface area (TPSA) is 86.8 Å². The molecule has 1 fully saturated rings. The van der Waals surface area contributed by atoms with E-state index in [4.69, 9.17) is 0 Å². The number of carbonyl (C=O) groups is 2. The molecule has 1 aliphatic heterocycles. The van der Waals surface area contributed by atoms with Crippen LogP contribution in [0, 0.1) is 5.82 Å². The van der Waals surface area contributed by atoms with Crippen molar-refractivity contribution in [3.8, 4) is 0 Å². The number of sulfonamides is 1. The van der Waals surface area contributed by atoms with E-state index in [9.17, 15) is 22.4 Å². The summed E-state index contributed by atoms with van der Waals surface area (Å²) >= 11 is 0. The highest BCUT2D eigenvalue weighted by atomic mass is 32.2. The molecule has 2 aromatic rings. The lowest BCUT2D eigenvalue weighted by molar-refractivity contribution is -0.133. The predicted octanol–water partition coefficient (Wildman–Crippen LogP) is 2.63. The van der Waals surface area contributed by atoms with Gasteiger partial charge in [0.2, 0.25) is 21.8 Å². The summed E-state index contributed by atoms with van der Waals surface area (Å²) in [4.78, 5) is 27.8. The molecule has 0 saturated carbocycles. The fourth-order valence-electron chi connectivity index (χ4n) is 3.79. The molecule has 0 aliphatic carbocycles. The van der Waals surface area contributed by atoms with Gasteiger partial charge in [-0.1, -0.05) is 38.1 Å². The van der Waals surface area contributed by atoms with Crippen LogP contribution in [0.5, 0.6) is 0 Å². The van der Waals surface area contributed by atoms with Crippen LogP contribution < -0.4 is 10.2 Å². The quantitative estimate of drug-likeness (QED) is 0.717. The molecule has 0 radical (unpaired) electrons. The Morgan fingerprint density at radius 3 is 2.25 bits per heavy atom. The second kappa shape index (κ2) is 8.99. The Bertz CT molecular complexity index is 1100. The molecule has 0 spiro atoms. The first-order chi connectivity index (χ1) is 14.9. The molecule has 1 N–H and O–H groups in total. The molecule has 32 heavy (non-hydrogen) atoms. The Morgan fingerprint density at radius 2 is 1.72 bits per heavy atom. The van der Waals surface area contributed by atoms with Crippen LogP contribution in [-0.4, -0.2) is 49.4 Å². The van der Waals surface area contributed by atoms with Gasteiger partial charge < -0.3 is 5.32 Å². The van der Waals surface area contributed by atoms with Crippen LogP contribution in [0.25, 0.3) is 0 Å². The lowest BCUT2D eigenvalue weighted by Crippen LogP contribution is -2.70. The smallest absolute Gasteiger partial charge is 0.247 e. The largest absolute Gasteiger partial charge is 0.350 e. The van der Waals surface area contributed by atoms with Crippen LogP contribution >= 0.6 is 0 Å². The van der Waals surface area contributed by atoms with Crippen molar-refractivity contribution in [2.45, 2.75) is 38.8 Å². The monoisotopic (exact) mass is 461 g/mol. The zero-order chi connectivity index (χ0) is 23.7. The molecule has 0 bridgehead atoms. The van der Waals surface area contributed by atoms with Gasteiger partial charge in [-0.25, -0.2) is 12.8 Å². The fraction of sp³-hybridized carbons (Fsp3) is 0.391. The normalized spacial score (nSPS) is 19.9. The highest BCUT2D eigenvalue weighted by Crippen LogP contribution is 2.31. The molecule has 9 heteroatoms. The number of hydrogen-bond acceptors (Lipinski definition) is 4. The first kappa shape index (κ1) is 23.9. The van der Waals surface area contributed by atoms with Crippen molar-refractivity contribution >= 4 is 27.5 Å². The Kier molecular flexibility index (Phi) is 6.71. The van der Waals surface area contributed by atoms with Crippen LogP contribution in [-0.2, 0) is 26.2 Å². The van der Waals surface area contributed by atoms with E-state index in [1.165, 1.54) is 17.0 Å². The molecule has 2 amide bonds. The van der Waals surface area contributed by atoms with E-state index >= 15 is 0 Å². The molecular weight excluding hydrogens is 433 g/mol. The van der Waals surface area contributed by atoms with Crippen molar-refractivity contribution in [1.82, 2.24) is 9.62 Å². The molecule has 2 aromatic carbocycles. The van der Waals surface area contributed by atoms with Crippen molar-refractivity contribution in [3.63, 3.8) is 0 Å². The summed E-state index contributed by atoms with van der Waals surface area (Å²) in [5, 5.41) is 2.77. The van der Waals surface area contributed by atoms with Gasteiger partial charge in [0, 0.05) is 18.8 Å². The van der Waals surface area contributed by atoms with Gasteiger partial charge in [-0.3, -0.25) is 14.5 Å². The van der Waals surface area contributed by atoms with Gasteiger partial charge in [0.1, 0.15) is 11.4 Å². The van der Waals surface area contributed by atoms with Crippen LogP contribution in [0.4, 0.5) is 10.1 Å². The van der Waals surface area contributed by atoms with E-state index in [-0.39, 0.29) is 25.5 Å². The molecule has 1 heterocycles. The molecule has 1 saturated heterocycles. The highest BCUT2D eigenvalue weighted by Gasteiger charge is 2.50. The summed E-state index contributed by atoms with van der Waals surface area (Å²) < 4.78 is 38.6. The van der Waals surface area contributed by atoms with Gasteiger partial charge in [-0.15, -0.1) is 0 Å². The number of rotatable bonds is 6. The fourth-order valence-corrected chi connectivity index (χ4v) is 4.62. The van der Waals surface area contributed by atoms with E-state index in [1.807, 2.05) is 12.1 Å². The first-order valence-electron chi connectivity index (χ1n) is 10.3. The Hall–Kier alpha value is -2.78. The van der Waals surface area contributed by atoms with Crippen LogP contribution in [0.15, 0.2) is 48.5 Å². The van der Waals surface area contributed by atoms with Gasteiger partial charge >= 0.3 is 0 Å². The Morgan fingerprint density at radius 1 is 1.12 bits per heavy atom. The first-order valence-corrected chi connectivity index (χ1v) is 12.2. The third-order valence-corrected chi connectivity index (χ3v) is 6.88. The maximum atomic E-state index is 13.3. The van der Waals surface area contributed by atoms with E-state index in [2.05, 4.69) is 19.2 Å². The van der Waals surface area contributed by atoms with Crippen molar-refractivity contribution in [1.29, 1.82) is 0 Å². The number of carbonyl (C=O) groups excluding carboxylic acids is 2. The predicted molar refractivity (Wildman–Crippen MR) is 121 cm³/mol. The number of amides is 2. The average molecular weight is 462 g/mol. The number of halogens is 1. The van der Waals surface area contributed by atoms with Gasteiger partial charge in [-0.05, 0) is 48.2 Å². The van der Waals surface area contributed by atoms with Crippen molar-refractivity contribution in [3.05, 3.63) is 65.5 Å². The minimum atomic E-state index is -3.69. The SMILES string of the molecule is CC(C)c1ccc(N2C(=O)CN(S(C)(=O)=O)C[C@]2(C)C(=O)NCc2ccc(F)cc2)cc1. The zero-order valence-electron chi connectivity index (χ0n) is 18.6. The summed E-state index contributed by atoms with van der Waals surface area (Å²) in [5.41, 5.74) is 0.807. The van der Waals surface area contributed by atoms with Gasteiger partial charge in [0.05, 0.1) is 12.8 Å². The summed E-state index contributed by atoms with van der Waals surface area (Å²) in [6.07, 6.45) is 1.02. The minimum absolute atomic E-state index is 0.113. The number of anilines is 1. The number of piperazine rings is 1. The third kappa shape index (κ3) is 4.99. The van der Waals surface area contributed by atoms with Crippen LogP contribution in [0.3, 0.4) is 0 Å². The number of nitrogens with one attached hydrogen (secondary N) is 1. The summed E-state index contributed by atoms with van der Waals surface area (Å²) in [7, 11) is -3.69. The molecule has 3 rings (SSSR count). The number of nitrogens with zero attached hydrogens (tertiary/aromatic N) is 2. The number of benzene rings is 2. The average Bonchev–Trinajstić information content (AvgIpc) is 2.72. The molecule has 1 aliphatic rings. The van der Waals surface area contributed by atoms with E-state index in [1.54, 1.807) is 31.2 Å². The second-order valence-corrected chi connectivity index (χ2v) is 10.6. The molecule has 1 atom stereocenters. The van der Waals surface area contributed by atoms with Crippen LogP contribution in [0.2, 0.25) is 0 Å². The summed E-state index contributed by atoms with van der Waals surface area (Å²) in [6, 6.07) is 13.0. The highest BCUT2D eigenvalue weighted by molar-refractivity contribution is 7.88. The van der Waals surface area contributed by atoms with Crippen molar-refractivity contribution < 1.29 is 22.4 Å². The number of hydrogen-bond donors (Lipinski definition) is 1. The second-order valence-electron chi connectivity index (χ2n) is 8.59. The van der Waals surface area contributed by atoms with Gasteiger partial charge in [0.15, 0.2) is 0 Å².